The van der Waals surface area contributed by atoms with Gasteiger partial charge in [-0.1, -0.05) is 30.7 Å². The first kappa shape index (κ1) is 28.5. The molecule has 0 bridgehead atoms. The molecule has 214 valence electrons. The Balaban J connectivity index is 1.34. The van der Waals surface area contributed by atoms with Crippen molar-refractivity contribution in [3.8, 4) is 11.5 Å². The van der Waals surface area contributed by atoms with Gasteiger partial charge in [-0.15, -0.1) is 10.2 Å². The average Bonchev–Trinajstić information content (AvgIpc) is 3.51. The van der Waals surface area contributed by atoms with Crippen molar-refractivity contribution in [2.24, 2.45) is 5.10 Å². The zero-order valence-electron chi connectivity index (χ0n) is 23.0. The molecule has 1 aromatic heterocycles. The van der Waals surface area contributed by atoms with Crippen LogP contribution in [0.3, 0.4) is 0 Å². The lowest BCUT2D eigenvalue weighted by atomic mass is 10.0. The summed E-state index contributed by atoms with van der Waals surface area (Å²) >= 11 is 5.75. The molecule has 2 aliphatic rings. The lowest BCUT2D eigenvalue weighted by molar-refractivity contribution is -0.139. The molecule has 5 rings (SSSR count). The molecule has 0 radical (unpaired) electrons. The number of hydrogen-bond donors (Lipinski definition) is 1. The molecule has 2 aromatic carbocycles. The Hall–Kier alpha value is -4.02. The first-order chi connectivity index (χ1) is 20.0. The van der Waals surface area contributed by atoms with Crippen LogP contribution in [0.1, 0.15) is 60.6 Å². The second-order valence-electron chi connectivity index (χ2n) is 9.92. The molecule has 0 spiro atoms. The first-order valence-electron chi connectivity index (χ1n) is 13.7. The molecule has 3 aromatic rings. The molecule has 1 aliphatic carbocycles. The molecular formula is C30H32ClN5O5. The number of anilines is 1. The molecule has 1 fully saturated rings. The van der Waals surface area contributed by atoms with E-state index in [0.29, 0.717) is 30.2 Å². The van der Waals surface area contributed by atoms with E-state index in [0.717, 1.165) is 48.8 Å². The lowest BCUT2D eigenvalue weighted by Crippen LogP contribution is -2.45. The summed E-state index contributed by atoms with van der Waals surface area (Å²) in [5.41, 5.74) is 3.18. The summed E-state index contributed by atoms with van der Waals surface area (Å²) < 4.78 is 18.0. The van der Waals surface area contributed by atoms with E-state index in [1.54, 1.807) is 24.3 Å². The third kappa shape index (κ3) is 6.83. The highest BCUT2D eigenvalue weighted by Gasteiger charge is 2.32. The van der Waals surface area contributed by atoms with Crippen molar-refractivity contribution < 1.29 is 23.8 Å². The largest absolute Gasteiger partial charge is 0.493 e. The summed E-state index contributed by atoms with van der Waals surface area (Å²) in [5.74, 6) is 0.952. The molecule has 11 heteroatoms. The van der Waals surface area contributed by atoms with E-state index >= 15 is 0 Å². The maximum Gasteiger partial charge on any atom is 0.276 e. The Bertz CT molecular complexity index is 1390. The molecule has 1 aliphatic heterocycles. The fourth-order valence-corrected chi connectivity index (χ4v) is 5.05. The van der Waals surface area contributed by atoms with Gasteiger partial charge >= 0.3 is 0 Å². The van der Waals surface area contributed by atoms with Crippen LogP contribution in [0.4, 0.5) is 5.69 Å². The van der Waals surface area contributed by atoms with Crippen LogP contribution in [0, 0.1) is 0 Å². The number of methoxy groups -OCH3 is 1. The molecule has 2 unspecified atom stereocenters. The Labute approximate surface area is 243 Å². The van der Waals surface area contributed by atoms with Gasteiger partial charge < -0.3 is 19.5 Å². The summed E-state index contributed by atoms with van der Waals surface area (Å²) in [6.45, 7) is 2.32. The van der Waals surface area contributed by atoms with Gasteiger partial charge in [-0.3, -0.25) is 14.6 Å². The molecule has 0 saturated heterocycles. The predicted octanol–water partition coefficient (Wildman–Crippen LogP) is 5.25. The number of amides is 1. The fourth-order valence-electron chi connectivity index (χ4n) is 4.95. The normalized spacial score (nSPS) is 19.0. The van der Waals surface area contributed by atoms with Crippen molar-refractivity contribution in [1.29, 1.82) is 0 Å². The molecule has 1 saturated carbocycles. The van der Waals surface area contributed by atoms with E-state index in [1.165, 1.54) is 12.1 Å². The monoisotopic (exact) mass is 577 g/mol. The second-order valence-corrected chi connectivity index (χ2v) is 10.3. The molecule has 1 amide bonds. The second kappa shape index (κ2) is 13.1. The SMILES string of the molecule is CCC1OC(C=O)N(Cc2ccc(NC(=O)c3ccc(Cl)nn3)cc2)N=C1c1ccc(OC)c(OC2CCCC2)c1. The first-order valence-corrected chi connectivity index (χ1v) is 14.1. The zero-order valence-corrected chi connectivity index (χ0v) is 23.7. The van der Waals surface area contributed by atoms with Crippen LogP contribution in [-0.2, 0) is 16.1 Å². The van der Waals surface area contributed by atoms with E-state index in [2.05, 4.69) is 15.5 Å². The zero-order chi connectivity index (χ0) is 28.8. The van der Waals surface area contributed by atoms with Crippen molar-refractivity contribution in [1.82, 2.24) is 15.2 Å². The van der Waals surface area contributed by atoms with E-state index in [9.17, 15) is 9.59 Å². The molecule has 10 nitrogen and oxygen atoms in total. The summed E-state index contributed by atoms with van der Waals surface area (Å²) in [4.78, 5) is 24.4. The lowest BCUT2D eigenvalue weighted by Gasteiger charge is -2.35. The van der Waals surface area contributed by atoms with Gasteiger partial charge in [-0.25, -0.2) is 0 Å². The number of aromatic nitrogens is 2. The number of aldehydes is 1. The Kier molecular flexibility index (Phi) is 9.11. The average molecular weight is 578 g/mol. The summed E-state index contributed by atoms with van der Waals surface area (Å²) in [6.07, 6.45) is 4.77. The number of carbonyl (C=O) groups excluding carboxylic acids is 2. The number of halogens is 1. The summed E-state index contributed by atoms with van der Waals surface area (Å²) in [7, 11) is 1.63. The van der Waals surface area contributed by atoms with Gasteiger partial charge in [-0.2, -0.15) is 5.10 Å². The van der Waals surface area contributed by atoms with Gasteiger partial charge in [0, 0.05) is 11.3 Å². The quantitative estimate of drug-likeness (QED) is 0.325. The minimum absolute atomic E-state index is 0.153. The van der Waals surface area contributed by atoms with Crippen LogP contribution in [-0.4, -0.2) is 58.7 Å². The number of ether oxygens (including phenoxy) is 3. The van der Waals surface area contributed by atoms with Crippen LogP contribution >= 0.6 is 11.6 Å². The molecular weight excluding hydrogens is 546 g/mol. The fraction of sp³-hybridized carbons (Fsp3) is 0.367. The Morgan fingerprint density at radius 2 is 1.88 bits per heavy atom. The molecule has 41 heavy (non-hydrogen) atoms. The maximum atomic E-state index is 12.4. The Morgan fingerprint density at radius 1 is 1.10 bits per heavy atom. The smallest absolute Gasteiger partial charge is 0.276 e. The van der Waals surface area contributed by atoms with E-state index in [1.807, 2.05) is 37.3 Å². The van der Waals surface area contributed by atoms with Gasteiger partial charge in [-0.05, 0) is 80.1 Å². The van der Waals surface area contributed by atoms with Crippen molar-refractivity contribution >= 4 is 35.2 Å². The molecule has 2 atom stereocenters. The highest BCUT2D eigenvalue weighted by molar-refractivity contribution is 6.29. The highest BCUT2D eigenvalue weighted by atomic mass is 35.5. The molecule has 1 N–H and O–H groups in total. The van der Waals surface area contributed by atoms with Crippen molar-refractivity contribution in [3.05, 3.63) is 76.6 Å². The van der Waals surface area contributed by atoms with E-state index in [-0.39, 0.29) is 23.1 Å². The summed E-state index contributed by atoms with van der Waals surface area (Å²) in [6, 6.07) is 16.0. The van der Waals surface area contributed by atoms with Crippen LogP contribution in [0.2, 0.25) is 5.15 Å². The topological polar surface area (TPSA) is 115 Å². The number of benzene rings is 2. The van der Waals surface area contributed by atoms with Gasteiger partial charge in [0.05, 0.1) is 25.5 Å². The minimum Gasteiger partial charge on any atom is -0.493 e. The Morgan fingerprint density at radius 3 is 2.54 bits per heavy atom. The number of nitrogens with zero attached hydrogens (tertiary/aromatic N) is 4. The van der Waals surface area contributed by atoms with Gasteiger partial charge in [0.15, 0.2) is 28.6 Å². The third-order valence-corrected chi connectivity index (χ3v) is 7.30. The van der Waals surface area contributed by atoms with Crippen molar-refractivity contribution in [2.45, 2.75) is 64.0 Å². The summed E-state index contributed by atoms with van der Waals surface area (Å²) in [5, 5.41) is 17.0. The number of hydrogen-bond acceptors (Lipinski definition) is 9. The number of rotatable bonds is 10. The number of hydrazone groups is 1. The third-order valence-electron chi connectivity index (χ3n) is 7.10. The highest BCUT2D eigenvalue weighted by Crippen LogP contribution is 2.34. The van der Waals surface area contributed by atoms with Crippen molar-refractivity contribution in [3.63, 3.8) is 0 Å². The van der Waals surface area contributed by atoms with Crippen LogP contribution in [0.25, 0.3) is 0 Å². The minimum atomic E-state index is -0.834. The van der Waals surface area contributed by atoms with E-state index < -0.39 is 12.1 Å². The van der Waals surface area contributed by atoms with Gasteiger partial charge in [0.2, 0.25) is 6.23 Å². The van der Waals surface area contributed by atoms with Crippen LogP contribution in [0.15, 0.2) is 59.7 Å². The van der Waals surface area contributed by atoms with E-state index in [4.69, 9.17) is 30.9 Å². The molecule has 2 heterocycles. The van der Waals surface area contributed by atoms with Crippen molar-refractivity contribution in [2.75, 3.05) is 12.4 Å². The standard InChI is InChI=1S/C30H32ClN5O5/c1-3-24-29(20-10-14-25(39-2)26(16-20)40-22-6-4-5-7-22)35-36(28(18-37)41-24)17-19-8-11-21(12-9-19)32-30(38)23-13-15-27(31)34-33-23/h8-16,18,22,24,28H,3-7,17H2,1-2H3,(H,32,38). The van der Waals surface area contributed by atoms with Crippen LogP contribution in [0.5, 0.6) is 11.5 Å². The number of carbonyl (C=O) groups is 2. The van der Waals surface area contributed by atoms with Gasteiger partial charge in [0.1, 0.15) is 6.10 Å². The maximum absolute atomic E-state index is 12.4. The van der Waals surface area contributed by atoms with Crippen LogP contribution < -0.4 is 14.8 Å². The number of nitrogens with one attached hydrogen (secondary N) is 1. The van der Waals surface area contributed by atoms with Gasteiger partial charge in [0.25, 0.3) is 5.91 Å². The predicted molar refractivity (Wildman–Crippen MR) is 154 cm³/mol.